The van der Waals surface area contributed by atoms with Crippen molar-refractivity contribution in [3.05, 3.63) is 35.9 Å². The second-order valence-electron chi connectivity index (χ2n) is 6.00. The highest BCUT2D eigenvalue weighted by molar-refractivity contribution is 6.05. The van der Waals surface area contributed by atoms with E-state index in [0.29, 0.717) is 5.92 Å². The first-order valence-electron chi connectivity index (χ1n) is 7.16. The van der Waals surface area contributed by atoms with E-state index in [0.717, 1.165) is 18.4 Å². The van der Waals surface area contributed by atoms with Crippen LogP contribution in [0.1, 0.15) is 31.4 Å². The summed E-state index contributed by atoms with van der Waals surface area (Å²) < 4.78 is 0. The number of carbonyl (C=O) groups excluding carboxylic acids is 2. The van der Waals surface area contributed by atoms with Gasteiger partial charge in [-0.2, -0.15) is 0 Å². The second-order valence-corrected chi connectivity index (χ2v) is 6.00. The molecule has 0 bridgehead atoms. The van der Waals surface area contributed by atoms with Gasteiger partial charge in [-0.05, 0) is 24.3 Å². The lowest BCUT2D eigenvalue weighted by Crippen LogP contribution is -2.35. The summed E-state index contributed by atoms with van der Waals surface area (Å²) >= 11 is 0. The van der Waals surface area contributed by atoms with Gasteiger partial charge in [0.05, 0.1) is 24.5 Å². The van der Waals surface area contributed by atoms with E-state index in [9.17, 15) is 14.7 Å². The van der Waals surface area contributed by atoms with E-state index in [1.54, 1.807) is 12.1 Å². The molecule has 0 spiro atoms. The minimum atomic E-state index is -0.805. The molecular formula is C16H19NO3. The van der Waals surface area contributed by atoms with Crippen LogP contribution >= 0.6 is 0 Å². The summed E-state index contributed by atoms with van der Waals surface area (Å²) in [5.74, 6) is -0.0568. The Labute approximate surface area is 118 Å². The van der Waals surface area contributed by atoms with Gasteiger partial charge in [0.25, 0.3) is 0 Å². The van der Waals surface area contributed by atoms with Crippen molar-refractivity contribution in [1.29, 1.82) is 0 Å². The number of fused-ring (bicyclic) bond motifs is 1. The summed E-state index contributed by atoms with van der Waals surface area (Å²) in [4.78, 5) is 25.9. The molecule has 3 rings (SSSR count). The summed E-state index contributed by atoms with van der Waals surface area (Å²) in [6.45, 7) is 2.16. The minimum absolute atomic E-state index is 0.0725. The summed E-state index contributed by atoms with van der Waals surface area (Å²) in [7, 11) is 0. The number of aliphatic hydroxyl groups is 1. The minimum Gasteiger partial charge on any atom is -0.387 e. The highest BCUT2D eigenvalue weighted by atomic mass is 16.3. The molecule has 2 aliphatic rings. The van der Waals surface area contributed by atoms with E-state index in [2.05, 4.69) is 6.92 Å². The lowest BCUT2D eigenvalue weighted by Gasteiger charge is -2.20. The van der Waals surface area contributed by atoms with Gasteiger partial charge in [0.1, 0.15) is 0 Å². The van der Waals surface area contributed by atoms with Gasteiger partial charge < -0.3 is 5.11 Å². The van der Waals surface area contributed by atoms with Crippen LogP contribution < -0.4 is 0 Å². The largest absolute Gasteiger partial charge is 0.387 e. The molecule has 0 aromatic heterocycles. The van der Waals surface area contributed by atoms with Crippen LogP contribution in [0.3, 0.4) is 0 Å². The van der Waals surface area contributed by atoms with Crippen LogP contribution in [-0.4, -0.2) is 28.4 Å². The van der Waals surface area contributed by atoms with Crippen molar-refractivity contribution in [2.24, 2.45) is 17.8 Å². The van der Waals surface area contributed by atoms with Crippen LogP contribution in [0.5, 0.6) is 0 Å². The maximum atomic E-state index is 12.3. The molecule has 1 saturated heterocycles. The molecule has 4 heteroatoms. The fourth-order valence-corrected chi connectivity index (χ4v) is 3.48. The molecule has 3 atom stereocenters. The second kappa shape index (κ2) is 5.02. The number of nitrogens with zero attached hydrogens (tertiary/aromatic N) is 1. The Morgan fingerprint density at radius 2 is 1.70 bits per heavy atom. The van der Waals surface area contributed by atoms with Crippen LogP contribution in [-0.2, 0) is 9.59 Å². The molecular weight excluding hydrogens is 254 g/mol. The van der Waals surface area contributed by atoms with E-state index in [1.165, 1.54) is 4.90 Å². The van der Waals surface area contributed by atoms with Crippen molar-refractivity contribution in [2.75, 3.05) is 6.54 Å². The monoisotopic (exact) mass is 273 g/mol. The van der Waals surface area contributed by atoms with Crippen LogP contribution in [0.4, 0.5) is 0 Å². The fourth-order valence-electron chi connectivity index (χ4n) is 3.48. The molecule has 2 amide bonds. The number of benzene rings is 1. The highest BCUT2D eigenvalue weighted by Crippen LogP contribution is 2.43. The first kappa shape index (κ1) is 13.3. The zero-order valence-corrected chi connectivity index (χ0v) is 11.5. The molecule has 20 heavy (non-hydrogen) atoms. The molecule has 0 radical (unpaired) electrons. The van der Waals surface area contributed by atoms with Crippen molar-refractivity contribution in [3.63, 3.8) is 0 Å². The Hall–Kier alpha value is -1.68. The molecule has 1 aliphatic carbocycles. The number of hydrogen-bond donors (Lipinski definition) is 1. The van der Waals surface area contributed by atoms with E-state index in [-0.39, 0.29) is 30.2 Å². The Morgan fingerprint density at radius 3 is 2.25 bits per heavy atom. The van der Waals surface area contributed by atoms with Gasteiger partial charge >= 0.3 is 0 Å². The van der Waals surface area contributed by atoms with Crippen LogP contribution in [0.25, 0.3) is 0 Å². The predicted octanol–water partition coefficient (Wildman–Crippen LogP) is 1.75. The van der Waals surface area contributed by atoms with Crippen molar-refractivity contribution < 1.29 is 14.7 Å². The number of imide groups is 1. The molecule has 1 N–H and O–H groups in total. The normalized spacial score (nSPS) is 30.7. The summed E-state index contributed by atoms with van der Waals surface area (Å²) in [6.07, 6.45) is 0.792. The Kier molecular flexibility index (Phi) is 3.34. The Morgan fingerprint density at radius 1 is 1.15 bits per heavy atom. The summed E-state index contributed by atoms with van der Waals surface area (Å²) in [5.41, 5.74) is 0.735. The standard InChI is InChI=1S/C16H19NO3/c1-10-7-12-13(8-10)16(20)17(15(12)19)9-14(18)11-5-3-2-4-6-11/h2-6,10,12-14,18H,7-9H2,1H3. The van der Waals surface area contributed by atoms with E-state index >= 15 is 0 Å². The van der Waals surface area contributed by atoms with Crippen molar-refractivity contribution in [1.82, 2.24) is 4.90 Å². The molecule has 106 valence electrons. The quantitative estimate of drug-likeness (QED) is 0.854. The summed E-state index contributed by atoms with van der Waals surface area (Å²) in [5, 5.41) is 10.2. The first-order valence-corrected chi connectivity index (χ1v) is 7.16. The lowest BCUT2D eigenvalue weighted by molar-refractivity contribution is -0.142. The molecule has 3 unspecified atom stereocenters. The number of amides is 2. The SMILES string of the molecule is CC1CC2C(=O)N(CC(O)c3ccccc3)C(=O)C2C1. The van der Waals surface area contributed by atoms with Gasteiger partial charge in [0.2, 0.25) is 11.8 Å². The third-order valence-electron chi connectivity index (χ3n) is 4.50. The van der Waals surface area contributed by atoms with E-state index < -0.39 is 6.10 Å². The maximum absolute atomic E-state index is 12.3. The Bertz CT molecular complexity index is 504. The number of hydrogen-bond acceptors (Lipinski definition) is 3. The van der Waals surface area contributed by atoms with Crippen LogP contribution in [0.15, 0.2) is 30.3 Å². The number of rotatable bonds is 3. The maximum Gasteiger partial charge on any atom is 0.233 e. The van der Waals surface area contributed by atoms with Gasteiger partial charge in [-0.25, -0.2) is 0 Å². The number of β-amino-alcohol motifs (C(OH)–C–C–N with tert-alkyl or cyclic N) is 1. The van der Waals surface area contributed by atoms with Gasteiger partial charge in [-0.1, -0.05) is 37.3 Å². The molecule has 1 heterocycles. The van der Waals surface area contributed by atoms with Crippen LogP contribution in [0.2, 0.25) is 0 Å². The molecule has 1 saturated carbocycles. The molecule has 2 fully saturated rings. The smallest absolute Gasteiger partial charge is 0.233 e. The van der Waals surface area contributed by atoms with Gasteiger partial charge in [0, 0.05) is 0 Å². The van der Waals surface area contributed by atoms with Gasteiger partial charge in [-0.15, -0.1) is 0 Å². The molecule has 1 aromatic carbocycles. The third kappa shape index (κ3) is 2.14. The third-order valence-corrected chi connectivity index (χ3v) is 4.50. The predicted molar refractivity (Wildman–Crippen MR) is 73.5 cm³/mol. The van der Waals surface area contributed by atoms with Crippen molar-refractivity contribution >= 4 is 11.8 Å². The topological polar surface area (TPSA) is 57.6 Å². The van der Waals surface area contributed by atoms with Gasteiger partial charge in [-0.3, -0.25) is 14.5 Å². The van der Waals surface area contributed by atoms with E-state index in [4.69, 9.17) is 0 Å². The fraction of sp³-hybridized carbons (Fsp3) is 0.500. The van der Waals surface area contributed by atoms with Crippen molar-refractivity contribution in [3.8, 4) is 0 Å². The molecule has 4 nitrogen and oxygen atoms in total. The number of likely N-dealkylation sites (tertiary alicyclic amines) is 1. The zero-order valence-electron chi connectivity index (χ0n) is 11.5. The van der Waals surface area contributed by atoms with Crippen LogP contribution in [0, 0.1) is 17.8 Å². The number of carbonyl (C=O) groups is 2. The first-order chi connectivity index (χ1) is 9.58. The van der Waals surface area contributed by atoms with Gasteiger partial charge in [0.15, 0.2) is 0 Å². The molecule has 1 aromatic rings. The Balaban J connectivity index is 1.73. The average molecular weight is 273 g/mol. The highest BCUT2D eigenvalue weighted by Gasteiger charge is 2.51. The zero-order chi connectivity index (χ0) is 14.3. The average Bonchev–Trinajstić information content (AvgIpc) is 2.93. The van der Waals surface area contributed by atoms with E-state index in [1.807, 2.05) is 18.2 Å². The lowest BCUT2D eigenvalue weighted by atomic mass is 10.00. The summed E-state index contributed by atoms with van der Waals surface area (Å²) in [6, 6.07) is 9.15. The molecule has 1 aliphatic heterocycles. The van der Waals surface area contributed by atoms with Crippen molar-refractivity contribution in [2.45, 2.75) is 25.9 Å². The number of aliphatic hydroxyl groups excluding tert-OH is 1.